The summed E-state index contributed by atoms with van der Waals surface area (Å²) in [7, 11) is 3.23. The third kappa shape index (κ3) is 5.43. The topological polar surface area (TPSA) is 50.8 Å². The zero-order chi connectivity index (χ0) is 16.7. The highest BCUT2D eigenvalue weighted by atomic mass is 16.5. The fourth-order valence-corrected chi connectivity index (χ4v) is 2.89. The largest absolute Gasteiger partial charge is 0.497 e. The quantitative estimate of drug-likeness (QED) is 0.836. The summed E-state index contributed by atoms with van der Waals surface area (Å²) in [5.74, 6) is 2.30. The van der Waals surface area contributed by atoms with Gasteiger partial charge in [-0.15, -0.1) is 0 Å². The number of carbonyl (C=O) groups excluding carboxylic acids is 1. The number of nitrogens with one attached hydrogen (secondary N) is 1. The van der Waals surface area contributed by atoms with Crippen LogP contribution in [0.25, 0.3) is 0 Å². The molecule has 0 aromatic heterocycles. The third-order valence-corrected chi connectivity index (χ3v) is 4.47. The maximum Gasteiger partial charge on any atom is 0.224 e. The number of rotatable bonds is 7. The number of amides is 1. The minimum atomic E-state index is 0.0157. The van der Waals surface area contributed by atoms with Gasteiger partial charge in [-0.1, -0.05) is 6.92 Å². The minimum Gasteiger partial charge on any atom is -0.497 e. The first kappa shape index (κ1) is 17.6. The summed E-state index contributed by atoms with van der Waals surface area (Å²) >= 11 is 0. The van der Waals surface area contributed by atoms with Gasteiger partial charge in [0.25, 0.3) is 0 Å². The number of methoxy groups -OCH3 is 2. The van der Waals surface area contributed by atoms with Crippen LogP contribution in [-0.2, 0) is 11.2 Å². The summed E-state index contributed by atoms with van der Waals surface area (Å²) in [5, 5.41) is 3.00. The molecule has 128 valence electrons. The molecule has 0 aliphatic carbocycles. The van der Waals surface area contributed by atoms with E-state index in [1.807, 2.05) is 18.2 Å². The molecule has 0 bridgehead atoms. The van der Waals surface area contributed by atoms with Crippen LogP contribution in [0.3, 0.4) is 0 Å². The molecule has 0 unspecified atom stereocenters. The van der Waals surface area contributed by atoms with Crippen LogP contribution >= 0.6 is 0 Å². The first-order valence-corrected chi connectivity index (χ1v) is 8.32. The Bertz CT molecular complexity index is 511. The van der Waals surface area contributed by atoms with Gasteiger partial charge >= 0.3 is 0 Å². The molecule has 0 atom stereocenters. The van der Waals surface area contributed by atoms with Crippen molar-refractivity contribution in [3.63, 3.8) is 0 Å². The molecule has 1 heterocycles. The molecule has 0 spiro atoms. The highest BCUT2D eigenvalue weighted by molar-refractivity contribution is 5.79. The van der Waals surface area contributed by atoms with Crippen LogP contribution in [-0.4, -0.2) is 51.2 Å². The Morgan fingerprint density at radius 3 is 2.65 bits per heavy atom. The van der Waals surface area contributed by atoms with Crippen LogP contribution < -0.4 is 14.8 Å². The van der Waals surface area contributed by atoms with E-state index in [2.05, 4.69) is 17.1 Å². The second kappa shape index (κ2) is 8.77. The number of hydrogen-bond acceptors (Lipinski definition) is 4. The van der Waals surface area contributed by atoms with Gasteiger partial charge in [0.2, 0.25) is 5.91 Å². The predicted octanol–water partition coefficient (Wildman–Crippen LogP) is 2.09. The lowest BCUT2D eigenvalue weighted by Gasteiger charge is -2.30. The Kier molecular flexibility index (Phi) is 6.71. The first-order chi connectivity index (χ1) is 11.1. The van der Waals surface area contributed by atoms with Crippen LogP contribution in [0.4, 0.5) is 0 Å². The van der Waals surface area contributed by atoms with Crippen molar-refractivity contribution in [3.05, 3.63) is 23.8 Å². The summed E-state index contributed by atoms with van der Waals surface area (Å²) in [6.07, 6.45) is 2.82. The molecule has 1 aliphatic rings. The van der Waals surface area contributed by atoms with E-state index in [0.29, 0.717) is 18.7 Å². The Balaban J connectivity index is 1.78. The van der Waals surface area contributed by atoms with Gasteiger partial charge in [-0.3, -0.25) is 4.79 Å². The molecule has 1 amide bonds. The molecule has 1 aliphatic heterocycles. The molecule has 5 heteroatoms. The lowest BCUT2D eigenvalue weighted by molar-refractivity contribution is -0.120. The molecule has 2 rings (SSSR count). The van der Waals surface area contributed by atoms with Gasteiger partial charge in [0.15, 0.2) is 0 Å². The maximum atomic E-state index is 12.1. The van der Waals surface area contributed by atoms with Crippen LogP contribution in [0.2, 0.25) is 0 Å². The van der Waals surface area contributed by atoms with E-state index in [4.69, 9.17) is 9.47 Å². The summed E-state index contributed by atoms with van der Waals surface area (Å²) in [5.41, 5.74) is 0.844. The second-order valence-corrected chi connectivity index (χ2v) is 6.23. The molecule has 1 aromatic carbocycles. The van der Waals surface area contributed by atoms with E-state index >= 15 is 0 Å². The molecule has 5 nitrogen and oxygen atoms in total. The normalized spacial score (nSPS) is 16.1. The number of carbonyl (C=O) groups is 1. The summed E-state index contributed by atoms with van der Waals surface area (Å²) in [6.45, 7) is 6.20. The molecular formula is C18H28N2O3. The van der Waals surface area contributed by atoms with Crippen LogP contribution in [0.15, 0.2) is 18.2 Å². The van der Waals surface area contributed by atoms with Crippen molar-refractivity contribution < 1.29 is 14.3 Å². The third-order valence-electron chi connectivity index (χ3n) is 4.47. The van der Waals surface area contributed by atoms with E-state index in [0.717, 1.165) is 36.9 Å². The molecule has 0 radical (unpaired) electrons. The Hall–Kier alpha value is -1.75. The molecule has 0 saturated carbocycles. The molecule has 23 heavy (non-hydrogen) atoms. The number of hydrogen-bond donors (Lipinski definition) is 1. The second-order valence-electron chi connectivity index (χ2n) is 6.23. The van der Waals surface area contributed by atoms with Crippen molar-refractivity contribution in [2.75, 3.05) is 40.4 Å². The summed E-state index contributed by atoms with van der Waals surface area (Å²) in [6, 6.07) is 5.51. The summed E-state index contributed by atoms with van der Waals surface area (Å²) in [4.78, 5) is 14.6. The van der Waals surface area contributed by atoms with Crippen molar-refractivity contribution in [1.82, 2.24) is 10.2 Å². The zero-order valence-electron chi connectivity index (χ0n) is 14.4. The van der Waals surface area contributed by atoms with Gasteiger partial charge < -0.3 is 19.7 Å². The number of nitrogens with zero attached hydrogens (tertiary/aromatic N) is 1. The van der Waals surface area contributed by atoms with Crippen molar-refractivity contribution in [2.45, 2.75) is 26.2 Å². The minimum absolute atomic E-state index is 0.0157. The van der Waals surface area contributed by atoms with Crippen molar-refractivity contribution in [1.29, 1.82) is 0 Å². The van der Waals surface area contributed by atoms with Crippen LogP contribution in [0.1, 0.15) is 25.3 Å². The smallest absolute Gasteiger partial charge is 0.224 e. The van der Waals surface area contributed by atoms with E-state index in [1.54, 1.807) is 14.2 Å². The van der Waals surface area contributed by atoms with Gasteiger partial charge in [-0.05, 0) is 50.0 Å². The highest BCUT2D eigenvalue weighted by Crippen LogP contribution is 2.24. The Morgan fingerprint density at radius 2 is 2.00 bits per heavy atom. The number of likely N-dealkylation sites (tertiary alicyclic amines) is 1. The van der Waals surface area contributed by atoms with Crippen molar-refractivity contribution >= 4 is 5.91 Å². The van der Waals surface area contributed by atoms with Gasteiger partial charge in [-0.25, -0.2) is 0 Å². The lowest BCUT2D eigenvalue weighted by atomic mass is 9.99. The fraction of sp³-hybridized carbons (Fsp3) is 0.611. The number of benzene rings is 1. The van der Waals surface area contributed by atoms with Gasteiger partial charge in [0, 0.05) is 18.7 Å². The van der Waals surface area contributed by atoms with Crippen molar-refractivity contribution in [3.8, 4) is 11.5 Å². The Morgan fingerprint density at radius 1 is 1.26 bits per heavy atom. The first-order valence-electron chi connectivity index (χ1n) is 8.32. The fourth-order valence-electron chi connectivity index (χ4n) is 2.89. The molecule has 1 N–H and O–H groups in total. The molecule has 1 fully saturated rings. The average molecular weight is 320 g/mol. The number of piperidine rings is 1. The van der Waals surface area contributed by atoms with Crippen molar-refractivity contribution in [2.24, 2.45) is 5.92 Å². The van der Waals surface area contributed by atoms with Gasteiger partial charge in [-0.2, -0.15) is 0 Å². The van der Waals surface area contributed by atoms with Crippen LogP contribution in [0, 0.1) is 5.92 Å². The average Bonchev–Trinajstić information content (AvgIpc) is 2.56. The standard InChI is InChI=1S/C18H28N2O3/c1-14-6-9-20(10-7-14)11-8-19-18(21)13-15-12-16(22-2)4-5-17(15)23-3/h4-5,12,14H,6-11,13H2,1-3H3,(H,19,21). The highest BCUT2D eigenvalue weighted by Gasteiger charge is 2.15. The van der Waals surface area contributed by atoms with E-state index < -0.39 is 0 Å². The van der Waals surface area contributed by atoms with Gasteiger partial charge in [0.1, 0.15) is 11.5 Å². The van der Waals surface area contributed by atoms with E-state index in [9.17, 15) is 4.79 Å². The number of ether oxygens (including phenoxy) is 2. The lowest BCUT2D eigenvalue weighted by Crippen LogP contribution is -2.39. The van der Waals surface area contributed by atoms with Gasteiger partial charge in [0.05, 0.1) is 20.6 Å². The van der Waals surface area contributed by atoms with E-state index in [-0.39, 0.29) is 5.91 Å². The molecule has 1 saturated heterocycles. The molecule has 1 aromatic rings. The monoisotopic (exact) mass is 320 g/mol. The van der Waals surface area contributed by atoms with E-state index in [1.165, 1.54) is 12.8 Å². The molecular weight excluding hydrogens is 292 g/mol. The Labute approximate surface area is 139 Å². The zero-order valence-corrected chi connectivity index (χ0v) is 14.4. The van der Waals surface area contributed by atoms with Crippen LogP contribution in [0.5, 0.6) is 11.5 Å². The SMILES string of the molecule is COc1ccc(OC)c(CC(=O)NCCN2CCC(C)CC2)c1. The predicted molar refractivity (Wildman–Crippen MR) is 91.1 cm³/mol. The summed E-state index contributed by atoms with van der Waals surface area (Å²) < 4.78 is 10.5. The maximum absolute atomic E-state index is 12.1.